The Kier molecular flexibility index (Phi) is 8.71. The highest BCUT2D eigenvalue weighted by Gasteiger charge is 2.36. The van der Waals surface area contributed by atoms with Gasteiger partial charge in [-0.15, -0.1) is 0 Å². The Morgan fingerprint density at radius 1 is 1.14 bits per heavy atom. The van der Waals surface area contributed by atoms with Crippen molar-refractivity contribution in [3.63, 3.8) is 0 Å². The summed E-state index contributed by atoms with van der Waals surface area (Å²) in [6.45, 7) is 10.6. The van der Waals surface area contributed by atoms with Gasteiger partial charge in [0.25, 0.3) is 0 Å². The van der Waals surface area contributed by atoms with Gasteiger partial charge in [-0.2, -0.15) is 0 Å². The van der Waals surface area contributed by atoms with E-state index in [0.717, 1.165) is 0 Å². The average molecular weight is 412 g/mol. The van der Waals surface area contributed by atoms with E-state index < -0.39 is 30.8 Å². The second-order valence-electron chi connectivity index (χ2n) is 8.49. The van der Waals surface area contributed by atoms with E-state index in [-0.39, 0.29) is 18.0 Å². The molecule has 0 spiro atoms. The van der Waals surface area contributed by atoms with E-state index in [1.807, 2.05) is 19.9 Å². The van der Waals surface area contributed by atoms with Gasteiger partial charge in [0.05, 0.1) is 0 Å². The molecule has 0 aliphatic heterocycles. The van der Waals surface area contributed by atoms with Crippen LogP contribution in [0.3, 0.4) is 0 Å². The number of hydrogen-bond acceptors (Lipinski definition) is 4. The molecule has 0 radical (unpaired) electrons. The van der Waals surface area contributed by atoms with Crippen LogP contribution >= 0.6 is 7.37 Å². The van der Waals surface area contributed by atoms with E-state index in [0.29, 0.717) is 12.1 Å². The molecule has 3 N–H and O–H groups in total. The fourth-order valence-electron chi connectivity index (χ4n) is 2.60. The van der Waals surface area contributed by atoms with E-state index in [9.17, 15) is 19.0 Å². The van der Waals surface area contributed by atoms with Gasteiger partial charge in [-0.05, 0) is 45.2 Å². The number of alkyl carbamates (subject to hydrolysis) is 1. The van der Waals surface area contributed by atoms with Crippen molar-refractivity contribution in [2.24, 2.45) is 11.8 Å². The van der Waals surface area contributed by atoms with Crippen molar-refractivity contribution in [3.05, 3.63) is 30.3 Å². The quantitative estimate of drug-likeness (QED) is 0.548. The molecule has 8 heteroatoms. The predicted molar refractivity (Wildman–Crippen MR) is 112 cm³/mol. The summed E-state index contributed by atoms with van der Waals surface area (Å²) in [5, 5.41) is 5.27. The minimum atomic E-state index is -3.86. The third-order valence-corrected chi connectivity index (χ3v) is 6.27. The van der Waals surface area contributed by atoms with Gasteiger partial charge in [-0.3, -0.25) is 9.36 Å². The van der Waals surface area contributed by atoms with Gasteiger partial charge in [0.1, 0.15) is 11.4 Å². The molecule has 0 aliphatic carbocycles. The van der Waals surface area contributed by atoms with Crippen LogP contribution in [0.4, 0.5) is 10.5 Å². The second-order valence-corrected chi connectivity index (χ2v) is 11.0. The first-order valence-corrected chi connectivity index (χ1v) is 11.4. The van der Waals surface area contributed by atoms with Gasteiger partial charge in [-0.25, -0.2) is 4.79 Å². The number of carbonyl (C=O) groups is 2. The van der Waals surface area contributed by atoms with Crippen LogP contribution in [-0.4, -0.2) is 34.4 Å². The Morgan fingerprint density at radius 3 is 2.21 bits per heavy atom. The fraction of sp³-hybridized carbons (Fsp3) is 0.600. The highest BCUT2D eigenvalue weighted by molar-refractivity contribution is 7.58. The Morgan fingerprint density at radius 2 is 1.71 bits per heavy atom. The lowest BCUT2D eigenvalue weighted by Crippen LogP contribution is -2.40. The monoisotopic (exact) mass is 412 g/mol. The number of hydrogen-bond donors (Lipinski definition) is 3. The summed E-state index contributed by atoms with van der Waals surface area (Å²) >= 11 is 0. The molecular weight excluding hydrogens is 379 g/mol. The topological polar surface area (TPSA) is 105 Å². The third-order valence-electron chi connectivity index (χ3n) is 3.89. The van der Waals surface area contributed by atoms with Crippen LogP contribution in [0.5, 0.6) is 0 Å². The summed E-state index contributed by atoms with van der Waals surface area (Å²) < 4.78 is 18.2. The van der Waals surface area contributed by atoms with Gasteiger partial charge in [-0.1, -0.05) is 39.0 Å². The Balaban J connectivity index is 2.82. The van der Waals surface area contributed by atoms with Gasteiger partial charge >= 0.3 is 6.09 Å². The van der Waals surface area contributed by atoms with Crippen LogP contribution in [0.2, 0.25) is 0 Å². The van der Waals surface area contributed by atoms with Crippen LogP contribution in [0.15, 0.2) is 30.3 Å². The molecular formula is C20H33N2O5P. The standard InChI is InChI=1S/C20H33N2O5P/c1-14(2)12-17(22-19(24)27-20(4,5)6)28(25,26)13-15(3)18(23)21-16-10-8-7-9-11-16/h7-11,14-15,17H,12-13H2,1-6H3,(H,21,23)(H,22,24)(H,25,26). The number of para-hydroxylation sites is 1. The predicted octanol–water partition coefficient (Wildman–Crippen LogP) is 4.43. The molecule has 7 nitrogen and oxygen atoms in total. The molecule has 0 bridgehead atoms. The van der Waals surface area contributed by atoms with E-state index >= 15 is 0 Å². The van der Waals surface area contributed by atoms with Crippen molar-refractivity contribution in [2.75, 3.05) is 11.5 Å². The zero-order chi connectivity index (χ0) is 21.5. The number of ether oxygens (including phenoxy) is 1. The first-order chi connectivity index (χ1) is 12.8. The number of anilines is 1. The molecule has 1 aromatic carbocycles. The van der Waals surface area contributed by atoms with Crippen LogP contribution in [0, 0.1) is 11.8 Å². The molecule has 0 aromatic heterocycles. The molecule has 3 unspecified atom stereocenters. The summed E-state index contributed by atoms with van der Waals surface area (Å²) in [5.74, 6) is -1.95. The average Bonchev–Trinajstić information content (AvgIpc) is 2.52. The molecule has 0 saturated carbocycles. The molecule has 0 aliphatic rings. The highest BCUT2D eigenvalue weighted by atomic mass is 31.2. The van der Waals surface area contributed by atoms with Crippen molar-refractivity contribution < 1.29 is 23.8 Å². The third kappa shape index (κ3) is 8.89. The summed E-state index contributed by atoms with van der Waals surface area (Å²) in [6.07, 6.45) is -0.673. The molecule has 1 rings (SSSR count). The second kappa shape index (κ2) is 10.1. The van der Waals surface area contributed by atoms with Gasteiger partial charge in [0.2, 0.25) is 13.3 Å². The maximum atomic E-state index is 13.0. The molecule has 3 atom stereocenters. The fourth-order valence-corrected chi connectivity index (χ4v) is 4.87. The maximum Gasteiger partial charge on any atom is 0.408 e. The lowest BCUT2D eigenvalue weighted by molar-refractivity contribution is -0.118. The Hall–Kier alpha value is -1.85. The summed E-state index contributed by atoms with van der Waals surface area (Å²) in [7, 11) is -3.86. The number of carbonyl (C=O) groups excluding carboxylic acids is 2. The minimum Gasteiger partial charge on any atom is -0.444 e. The van der Waals surface area contributed by atoms with Crippen molar-refractivity contribution in [2.45, 2.75) is 59.3 Å². The number of benzene rings is 1. The SMILES string of the molecule is CC(C)CC(NC(=O)OC(C)(C)C)P(=O)(O)CC(C)C(=O)Nc1ccccc1. The lowest BCUT2D eigenvalue weighted by Gasteiger charge is -2.28. The molecule has 158 valence electrons. The number of amides is 2. The summed E-state index contributed by atoms with van der Waals surface area (Å²) in [6, 6.07) is 8.91. The largest absolute Gasteiger partial charge is 0.444 e. The summed E-state index contributed by atoms with van der Waals surface area (Å²) in [4.78, 5) is 35.2. The van der Waals surface area contributed by atoms with Crippen molar-refractivity contribution in [1.82, 2.24) is 5.32 Å². The Labute approximate surface area is 167 Å². The van der Waals surface area contributed by atoms with E-state index in [1.165, 1.54) is 0 Å². The minimum absolute atomic E-state index is 0.0777. The van der Waals surface area contributed by atoms with Crippen LogP contribution < -0.4 is 10.6 Å². The Bertz CT molecular complexity index is 700. The van der Waals surface area contributed by atoms with Crippen LogP contribution in [-0.2, 0) is 14.1 Å². The first kappa shape index (κ1) is 24.2. The normalized spacial score (nSPS) is 16.0. The summed E-state index contributed by atoms with van der Waals surface area (Å²) in [5.41, 5.74) is -0.0906. The molecule has 0 fully saturated rings. The van der Waals surface area contributed by atoms with Crippen LogP contribution in [0.25, 0.3) is 0 Å². The van der Waals surface area contributed by atoms with Crippen LogP contribution in [0.1, 0.15) is 48.0 Å². The van der Waals surface area contributed by atoms with Gasteiger partial charge in [0.15, 0.2) is 0 Å². The van der Waals surface area contributed by atoms with Crippen molar-refractivity contribution >= 4 is 25.1 Å². The van der Waals surface area contributed by atoms with E-state index in [1.54, 1.807) is 52.0 Å². The van der Waals surface area contributed by atoms with E-state index in [4.69, 9.17) is 4.74 Å². The molecule has 0 saturated heterocycles. The molecule has 28 heavy (non-hydrogen) atoms. The van der Waals surface area contributed by atoms with Crippen molar-refractivity contribution in [1.29, 1.82) is 0 Å². The lowest BCUT2D eigenvalue weighted by atomic mass is 10.1. The van der Waals surface area contributed by atoms with Gasteiger partial charge < -0.3 is 20.3 Å². The highest BCUT2D eigenvalue weighted by Crippen LogP contribution is 2.49. The number of rotatable bonds is 8. The van der Waals surface area contributed by atoms with Gasteiger partial charge in [0, 0.05) is 17.8 Å². The zero-order valence-electron chi connectivity index (χ0n) is 17.6. The van der Waals surface area contributed by atoms with E-state index in [2.05, 4.69) is 10.6 Å². The molecule has 0 heterocycles. The first-order valence-electron chi connectivity index (χ1n) is 9.47. The number of nitrogens with one attached hydrogen (secondary N) is 2. The maximum absolute atomic E-state index is 13.0. The zero-order valence-corrected chi connectivity index (χ0v) is 18.5. The smallest absolute Gasteiger partial charge is 0.408 e. The molecule has 2 amide bonds. The van der Waals surface area contributed by atoms with Crippen molar-refractivity contribution in [3.8, 4) is 0 Å². The molecule has 1 aromatic rings.